The van der Waals surface area contributed by atoms with Crippen LogP contribution in [-0.2, 0) is 11.3 Å². The van der Waals surface area contributed by atoms with E-state index >= 15 is 0 Å². The maximum Gasteiger partial charge on any atom is 0.255 e. The lowest BCUT2D eigenvalue weighted by Crippen LogP contribution is -2.23. The molecule has 166 valence electrons. The summed E-state index contributed by atoms with van der Waals surface area (Å²) in [5.41, 5.74) is 14.5. The van der Waals surface area contributed by atoms with Gasteiger partial charge in [0.15, 0.2) is 0 Å². The van der Waals surface area contributed by atoms with Crippen molar-refractivity contribution in [2.75, 3.05) is 26.1 Å². The van der Waals surface area contributed by atoms with Gasteiger partial charge in [-0.25, -0.2) is 4.68 Å². The first-order chi connectivity index (χ1) is 15.5. The Labute approximate surface area is 185 Å². The van der Waals surface area contributed by atoms with Crippen LogP contribution in [0.2, 0.25) is 0 Å². The minimum absolute atomic E-state index is 0.0219. The van der Waals surface area contributed by atoms with E-state index in [9.17, 15) is 9.59 Å². The first kappa shape index (κ1) is 21.4. The normalized spacial score (nSPS) is 15.5. The van der Waals surface area contributed by atoms with Crippen molar-refractivity contribution in [1.29, 1.82) is 0 Å². The summed E-state index contributed by atoms with van der Waals surface area (Å²) in [5.74, 6) is -0.0973. The Bertz CT molecular complexity index is 1130. The van der Waals surface area contributed by atoms with Crippen LogP contribution < -0.4 is 21.5 Å². The number of para-hydroxylation sites is 1. The van der Waals surface area contributed by atoms with Gasteiger partial charge >= 0.3 is 0 Å². The number of ether oxygens (including phenoxy) is 2. The molecule has 0 bridgehead atoms. The summed E-state index contributed by atoms with van der Waals surface area (Å²) in [6.45, 7) is 1.45. The van der Waals surface area contributed by atoms with Crippen molar-refractivity contribution in [3.05, 3.63) is 65.2 Å². The highest BCUT2D eigenvalue weighted by atomic mass is 16.5. The van der Waals surface area contributed by atoms with Gasteiger partial charge in [-0.2, -0.15) is 5.10 Å². The van der Waals surface area contributed by atoms with Crippen LogP contribution in [-0.4, -0.2) is 41.9 Å². The van der Waals surface area contributed by atoms with E-state index in [2.05, 4.69) is 10.4 Å². The van der Waals surface area contributed by atoms with E-state index in [4.69, 9.17) is 20.9 Å². The number of hydrogen-bond donors (Lipinski definition) is 3. The van der Waals surface area contributed by atoms with Gasteiger partial charge in [0.25, 0.3) is 11.8 Å². The molecule has 2 amide bonds. The quantitative estimate of drug-likeness (QED) is 0.520. The summed E-state index contributed by atoms with van der Waals surface area (Å²) >= 11 is 0. The van der Waals surface area contributed by atoms with Gasteiger partial charge in [0.2, 0.25) is 0 Å². The zero-order chi connectivity index (χ0) is 22.7. The van der Waals surface area contributed by atoms with Gasteiger partial charge in [0.05, 0.1) is 25.3 Å². The number of methoxy groups -OCH3 is 1. The van der Waals surface area contributed by atoms with Gasteiger partial charge in [-0.1, -0.05) is 36.4 Å². The van der Waals surface area contributed by atoms with Crippen molar-refractivity contribution in [2.45, 2.75) is 19.0 Å². The fourth-order valence-electron chi connectivity index (χ4n) is 3.78. The minimum atomic E-state index is -0.629. The van der Waals surface area contributed by atoms with Crippen molar-refractivity contribution in [3.8, 4) is 17.0 Å². The Balaban J connectivity index is 1.52. The molecular formula is C23H25N5O4. The molecule has 1 fully saturated rings. The number of nitrogen functional groups attached to an aromatic ring is 1. The number of amides is 2. The third kappa shape index (κ3) is 4.15. The van der Waals surface area contributed by atoms with Gasteiger partial charge in [0.1, 0.15) is 22.8 Å². The highest BCUT2D eigenvalue weighted by Gasteiger charge is 2.27. The highest BCUT2D eigenvalue weighted by molar-refractivity contribution is 6.03. The van der Waals surface area contributed by atoms with Crippen LogP contribution in [0.15, 0.2) is 48.5 Å². The number of rotatable bonds is 7. The average Bonchev–Trinajstić information content (AvgIpc) is 3.45. The van der Waals surface area contributed by atoms with Gasteiger partial charge in [-0.05, 0) is 24.1 Å². The largest absolute Gasteiger partial charge is 0.496 e. The van der Waals surface area contributed by atoms with Crippen LogP contribution in [0.1, 0.15) is 38.7 Å². The molecule has 0 aliphatic carbocycles. The molecule has 1 saturated heterocycles. The molecule has 0 radical (unpaired) electrons. The molecule has 32 heavy (non-hydrogen) atoms. The fraction of sp³-hybridized carbons (Fsp3) is 0.261. The van der Waals surface area contributed by atoms with E-state index < -0.39 is 5.91 Å². The van der Waals surface area contributed by atoms with Crippen molar-refractivity contribution in [2.24, 2.45) is 5.73 Å². The number of nitrogens with two attached hydrogens (primary N) is 2. The van der Waals surface area contributed by atoms with Crippen LogP contribution in [0, 0.1) is 0 Å². The molecule has 0 unspecified atom stereocenters. The maximum absolute atomic E-state index is 12.5. The number of nitrogens with zero attached hydrogens (tertiary/aromatic N) is 2. The Morgan fingerprint density at radius 1 is 1.22 bits per heavy atom. The Hall–Kier alpha value is -3.85. The van der Waals surface area contributed by atoms with Gasteiger partial charge in [0, 0.05) is 18.7 Å². The molecule has 1 aliphatic rings. The predicted molar refractivity (Wildman–Crippen MR) is 119 cm³/mol. The number of anilines is 1. The summed E-state index contributed by atoms with van der Waals surface area (Å²) in [6.07, 6.45) is 0.772. The topological polar surface area (TPSA) is 134 Å². The van der Waals surface area contributed by atoms with E-state index in [0.29, 0.717) is 42.3 Å². The number of aromatic nitrogens is 2. The van der Waals surface area contributed by atoms with E-state index in [1.807, 2.05) is 30.3 Å². The lowest BCUT2D eigenvalue weighted by Gasteiger charge is -2.10. The standard InChI is InChI=1S/C23H25N5O4/c1-31-18-5-3-2-4-17(18)23(30)26-12-14-6-8-15(9-7-14)20-19(22(25)29)21(24)28(27-20)16-10-11-32-13-16/h2-9,16H,10-13,24H2,1H3,(H2,25,29)(H,26,30)/t16-/m0/s1. The average molecular weight is 435 g/mol. The lowest BCUT2D eigenvalue weighted by molar-refractivity contribution is 0.0946. The Morgan fingerprint density at radius 3 is 2.62 bits per heavy atom. The van der Waals surface area contributed by atoms with Crippen molar-refractivity contribution in [1.82, 2.24) is 15.1 Å². The van der Waals surface area contributed by atoms with Crippen LogP contribution >= 0.6 is 0 Å². The molecule has 2 heterocycles. The fourth-order valence-corrected chi connectivity index (χ4v) is 3.78. The second kappa shape index (κ2) is 9.11. The van der Waals surface area contributed by atoms with Crippen LogP contribution in [0.4, 0.5) is 5.82 Å². The molecule has 1 aliphatic heterocycles. The number of carbonyl (C=O) groups is 2. The summed E-state index contributed by atoms with van der Waals surface area (Å²) in [6, 6.07) is 14.4. The number of benzene rings is 2. The van der Waals surface area contributed by atoms with Crippen LogP contribution in [0.3, 0.4) is 0 Å². The number of hydrogen-bond acceptors (Lipinski definition) is 6. The molecule has 9 heteroatoms. The predicted octanol–water partition coefficient (Wildman–Crippen LogP) is 2.13. The summed E-state index contributed by atoms with van der Waals surface area (Å²) in [5, 5.41) is 7.46. The van der Waals surface area contributed by atoms with Gasteiger partial charge in [-0.3, -0.25) is 9.59 Å². The van der Waals surface area contributed by atoms with Gasteiger partial charge in [-0.15, -0.1) is 0 Å². The second-order valence-corrected chi connectivity index (χ2v) is 7.51. The molecule has 1 atom stereocenters. The third-order valence-electron chi connectivity index (χ3n) is 5.48. The smallest absolute Gasteiger partial charge is 0.255 e. The molecule has 9 nitrogen and oxygen atoms in total. The molecular weight excluding hydrogens is 410 g/mol. The van der Waals surface area contributed by atoms with Crippen molar-refractivity contribution >= 4 is 17.6 Å². The molecule has 0 saturated carbocycles. The summed E-state index contributed by atoms with van der Waals surface area (Å²) < 4.78 is 12.3. The van der Waals surface area contributed by atoms with Crippen LogP contribution in [0.5, 0.6) is 5.75 Å². The second-order valence-electron chi connectivity index (χ2n) is 7.51. The molecule has 5 N–H and O–H groups in total. The zero-order valence-corrected chi connectivity index (χ0v) is 17.7. The molecule has 2 aromatic carbocycles. The van der Waals surface area contributed by atoms with Crippen molar-refractivity contribution < 1.29 is 19.1 Å². The monoisotopic (exact) mass is 435 g/mol. The van der Waals surface area contributed by atoms with E-state index in [1.54, 1.807) is 22.9 Å². The maximum atomic E-state index is 12.5. The first-order valence-corrected chi connectivity index (χ1v) is 10.3. The van der Waals surface area contributed by atoms with E-state index in [-0.39, 0.29) is 23.3 Å². The van der Waals surface area contributed by atoms with Gasteiger partial charge < -0.3 is 26.3 Å². The lowest BCUT2D eigenvalue weighted by atomic mass is 10.0. The SMILES string of the molecule is COc1ccccc1C(=O)NCc1ccc(-c2nn([C@H]3CCOC3)c(N)c2C(N)=O)cc1. The molecule has 0 spiro atoms. The number of nitrogens with one attached hydrogen (secondary N) is 1. The third-order valence-corrected chi connectivity index (χ3v) is 5.48. The highest BCUT2D eigenvalue weighted by Crippen LogP contribution is 2.31. The Morgan fingerprint density at radius 2 is 1.97 bits per heavy atom. The minimum Gasteiger partial charge on any atom is -0.496 e. The molecule has 3 aromatic rings. The van der Waals surface area contributed by atoms with Crippen LogP contribution in [0.25, 0.3) is 11.3 Å². The van der Waals surface area contributed by atoms with E-state index in [1.165, 1.54) is 7.11 Å². The first-order valence-electron chi connectivity index (χ1n) is 10.3. The summed E-state index contributed by atoms with van der Waals surface area (Å²) in [4.78, 5) is 24.6. The number of primary amides is 1. The molecule has 1 aromatic heterocycles. The molecule has 4 rings (SSSR count). The number of carbonyl (C=O) groups excluding carboxylic acids is 2. The van der Waals surface area contributed by atoms with Crippen molar-refractivity contribution in [3.63, 3.8) is 0 Å². The summed E-state index contributed by atoms with van der Waals surface area (Å²) in [7, 11) is 1.53. The zero-order valence-electron chi connectivity index (χ0n) is 17.7. The van der Waals surface area contributed by atoms with E-state index in [0.717, 1.165) is 12.0 Å². The Kier molecular flexibility index (Phi) is 6.09.